The van der Waals surface area contributed by atoms with Crippen LogP contribution >= 0.6 is 0 Å². The molecule has 4 heteroatoms. The van der Waals surface area contributed by atoms with Gasteiger partial charge in [-0.2, -0.15) is 0 Å². The highest BCUT2D eigenvalue weighted by molar-refractivity contribution is 5.50. The van der Waals surface area contributed by atoms with Crippen LogP contribution in [0.15, 0.2) is 54.6 Å². The van der Waals surface area contributed by atoms with Crippen molar-refractivity contribution in [2.45, 2.75) is 12.5 Å². The topological polar surface area (TPSA) is 80.9 Å². The first-order chi connectivity index (χ1) is 10.6. The summed E-state index contributed by atoms with van der Waals surface area (Å²) in [5.41, 5.74) is 1.60. The van der Waals surface area contributed by atoms with E-state index in [0.717, 1.165) is 5.56 Å². The molecule has 0 aliphatic carbocycles. The number of phenolic OH excluding ortho intramolecular Hbond substituents is 2. The smallest absolute Gasteiger partial charge is 0.115 e. The van der Waals surface area contributed by atoms with Crippen LogP contribution in [-0.4, -0.2) is 27.0 Å². The average molecular weight is 300 g/mol. The van der Waals surface area contributed by atoms with E-state index in [9.17, 15) is 20.4 Å². The van der Waals surface area contributed by atoms with Crippen LogP contribution < -0.4 is 0 Å². The fraction of sp³-hybridized carbons (Fsp3) is 0.222. The molecule has 0 radical (unpaired) electrons. The Balaban J connectivity index is 1.99. The number of aliphatic hydroxyl groups excluding tert-OH is 2. The summed E-state index contributed by atoms with van der Waals surface area (Å²) in [4.78, 5) is 0. The number of benzene rings is 2. The number of hydrogen-bond donors (Lipinski definition) is 4. The van der Waals surface area contributed by atoms with E-state index in [-0.39, 0.29) is 24.0 Å². The summed E-state index contributed by atoms with van der Waals surface area (Å²) in [7, 11) is 0. The minimum Gasteiger partial charge on any atom is -0.508 e. The maximum atomic E-state index is 10.3. The largest absolute Gasteiger partial charge is 0.508 e. The lowest BCUT2D eigenvalue weighted by Gasteiger charge is -2.20. The first-order valence-corrected chi connectivity index (χ1v) is 7.13. The van der Waals surface area contributed by atoms with Gasteiger partial charge in [0.05, 0.1) is 6.10 Å². The van der Waals surface area contributed by atoms with Gasteiger partial charge in [-0.15, -0.1) is 0 Å². The maximum absolute atomic E-state index is 10.3. The third kappa shape index (κ3) is 4.35. The van der Waals surface area contributed by atoms with Crippen LogP contribution in [0.2, 0.25) is 0 Å². The van der Waals surface area contributed by atoms with Crippen LogP contribution in [0.1, 0.15) is 23.7 Å². The predicted molar refractivity (Wildman–Crippen MR) is 85.4 cm³/mol. The molecule has 4 nitrogen and oxygen atoms in total. The highest BCUT2D eigenvalue weighted by Gasteiger charge is 2.18. The predicted octanol–water partition coefficient (Wildman–Crippen LogP) is 2.84. The van der Waals surface area contributed by atoms with Crippen molar-refractivity contribution >= 4 is 6.08 Å². The molecule has 0 fully saturated rings. The van der Waals surface area contributed by atoms with Gasteiger partial charge in [0.2, 0.25) is 0 Å². The molecule has 2 rings (SSSR count). The molecular weight excluding hydrogens is 280 g/mol. The molecule has 2 aromatic carbocycles. The summed E-state index contributed by atoms with van der Waals surface area (Å²) in [6.07, 6.45) is 3.48. The van der Waals surface area contributed by atoms with Gasteiger partial charge in [-0.05, 0) is 41.8 Å². The monoisotopic (exact) mass is 300 g/mol. The average Bonchev–Trinajstić information content (AvgIpc) is 2.53. The van der Waals surface area contributed by atoms with Crippen LogP contribution in [0.5, 0.6) is 11.5 Å². The summed E-state index contributed by atoms with van der Waals surface area (Å²) in [6, 6.07) is 13.1. The summed E-state index contributed by atoms with van der Waals surface area (Å²) < 4.78 is 0. The fourth-order valence-corrected chi connectivity index (χ4v) is 2.21. The van der Waals surface area contributed by atoms with Gasteiger partial charge >= 0.3 is 0 Å². The summed E-state index contributed by atoms with van der Waals surface area (Å²) in [5, 5.41) is 38.2. The first-order valence-electron chi connectivity index (χ1n) is 7.13. The number of allylic oxidation sites excluding steroid dienone is 1. The Bertz CT molecular complexity index is 602. The van der Waals surface area contributed by atoms with Crippen molar-refractivity contribution in [2.75, 3.05) is 6.61 Å². The summed E-state index contributed by atoms with van der Waals surface area (Å²) >= 11 is 0. The van der Waals surface area contributed by atoms with Crippen LogP contribution in [0, 0.1) is 5.92 Å². The molecule has 0 saturated heterocycles. The third-order valence-electron chi connectivity index (χ3n) is 3.56. The highest BCUT2D eigenvalue weighted by atomic mass is 16.3. The molecule has 0 bridgehead atoms. The highest BCUT2D eigenvalue weighted by Crippen LogP contribution is 2.26. The molecule has 2 aromatic rings. The lowest BCUT2D eigenvalue weighted by molar-refractivity contribution is 0.0684. The fourth-order valence-electron chi connectivity index (χ4n) is 2.21. The first kappa shape index (κ1) is 16.1. The molecule has 0 spiro atoms. The van der Waals surface area contributed by atoms with E-state index in [4.69, 9.17) is 0 Å². The second kappa shape index (κ2) is 7.64. The molecule has 0 amide bonds. The molecule has 4 N–H and O–H groups in total. The van der Waals surface area contributed by atoms with Gasteiger partial charge in [-0.25, -0.2) is 0 Å². The van der Waals surface area contributed by atoms with Crippen molar-refractivity contribution in [3.63, 3.8) is 0 Å². The normalized spacial score (nSPS) is 14.1. The lowest BCUT2D eigenvalue weighted by atomic mass is 9.93. The van der Waals surface area contributed by atoms with Crippen LogP contribution in [0.4, 0.5) is 0 Å². The van der Waals surface area contributed by atoms with Crippen LogP contribution in [-0.2, 0) is 0 Å². The number of phenols is 2. The second-order valence-corrected chi connectivity index (χ2v) is 5.21. The van der Waals surface area contributed by atoms with Crippen molar-refractivity contribution in [2.24, 2.45) is 5.92 Å². The molecule has 22 heavy (non-hydrogen) atoms. The molecular formula is C18H20O4. The van der Waals surface area contributed by atoms with Gasteiger partial charge in [0.1, 0.15) is 11.5 Å². The van der Waals surface area contributed by atoms with Crippen molar-refractivity contribution in [3.8, 4) is 11.5 Å². The van der Waals surface area contributed by atoms with Gasteiger partial charge in [0.15, 0.2) is 0 Å². The molecule has 2 atom stereocenters. The van der Waals surface area contributed by atoms with Crippen LogP contribution in [0.3, 0.4) is 0 Å². The van der Waals surface area contributed by atoms with Gasteiger partial charge in [-0.3, -0.25) is 0 Å². The summed E-state index contributed by atoms with van der Waals surface area (Å²) in [6.45, 7) is -0.137. The van der Waals surface area contributed by atoms with E-state index in [1.807, 2.05) is 12.2 Å². The van der Waals surface area contributed by atoms with Crippen molar-refractivity contribution in [3.05, 3.63) is 65.7 Å². The SMILES string of the molecule is OC[C@H](CC=Cc1ccc(O)cc1)[C@H](O)c1ccc(O)cc1. The van der Waals surface area contributed by atoms with E-state index < -0.39 is 6.10 Å². The second-order valence-electron chi connectivity index (χ2n) is 5.21. The number of aromatic hydroxyl groups is 2. The van der Waals surface area contributed by atoms with Crippen molar-refractivity contribution in [1.82, 2.24) is 0 Å². The van der Waals surface area contributed by atoms with Crippen LogP contribution in [0.25, 0.3) is 6.08 Å². The maximum Gasteiger partial charge on any atom is 0.115 e. The standard InChI is InChI=1S/C18H20O4/c19-12-15(18(22)14-6-10-17(21)11-7-14)3-1-2-13-4-8-16(20)9-5-13/h1-2,4-11,15,18-22H,3,12H2/t15-,18+/m0/s1. The van der Waals surface area contributed by atoms with Gasteiger partial charge < -0.3 is 20.4 Å². The lowest BCUT2D eigenvalue weighted by Crippen LogP contribution is -2.15. The zero-order valence-electron chi connectivity index (χ0n) is 12.1. The quantitative estimate of drug-likeness (QED) is 0.661. The van der Waals surface area contributed by atoms with Crippen molar-refractivity contribution < 1.29 is 20.4 Å². The zero-order chi connectivity index (χ0) is 15.9. The molecule has 0 saturated carbocycles. The van der Waals surface area contributed by atoms with Crippen molar-refractivity contribution in [1.29, 1.82) is 0 Å². The number of hydrogen-bond acceptors (Lipinski definition) is 4. The molecule has 0 aromatic heterocycles. The van der Waals surface area contributed by atoms with E-state index in [0.29, 0.717) is 12.0 Å². The summed E-state index contributed by atoms with van der Waals surface area (Å²) in [5.74, 6) is 0.0368. The van der Waals surface area contributed by atoms with Gasteiger partial charge in [-0.1, -0.05) is 36.4 Å². The Morgan fingerprint density at radius 1 is 0.864 bits per heavy atom. The zero-order valence-corrected chi connectivity index (χ0v) is 12.1. The minimum absolute atomic E-state index is 0.137. The van der Waals surface area contributed by atoms with Gasteiger partial charge in [0.25, 0.3) is 0 Å². The van der Waals surface area contributed by atoms with Gasteiger partial charge in [0, 0.05) is 12.5 Å². The Labute approximate surface area is 129 Å². The Kier molecular flexibility index (Phi) is 5.58. The molecule has 116 valence electrons. The van der Waals surface area contributed by atoms with E-state index in [1.165, 1.54) is 12.1 Å². The minimum atomic E-state index is -0.796. The third-order valence-corrected chi connectivity index (χ3v) is 3.56. The Morgan fingerprint density at radius 3 is 1.95 bits per heavy atom. The molecule has 0 aliphatic rings. The molecule has 0 unspecified atom stereocenters. The number of rotatable bonds is 6. The molecule has 0 aliphatic heterocycles. The Hall–Kier alpha value is -2.30. The van der Waals surface area contributed by atoms with E-state index in [2.05, 4.69) is 0 Å². The van der Waals surface area contributed by atoms with E-state index >= 15 is 0 Å². The number of aliphatic hydroxyl groups is 2. The van der Waals surface area contributed by atoms with E-state index in [1.54, 1.807) is 36.4 Å². The Morgan fingerprint density at radius 2 is 1.41 bits per heavy atom. The molecule has 0 heterocycles.